The minimum atomic E-state index is -1.25. The molecule has 0 saturated heterocycles. The molecule has 9 aromatic rings. The highest BCUT2D eigenvalue weighted by Crippen LogP contribution is 2.45. The first-order valence-electron chi connectivity index (χ1n) is 18.6. The van der Waals surface area contributed by atoms with Gasteiger partial charge in [0.15, 0.2) is 6.23 Å². The van der Waals surface area contributed by atoms with Crippen molar-refractivity contribution in [3.05, 3.63) is 179 Å². The Kier molecular flexibility index (Phi) is 6.67. The molecule has 1 unspecified atom stereocenters. The smallest absolute Gasteiger partial charge is 0.268 e. The number of rotatable bonds is 4. The number of imide groups is 1. The summed E-state index contributed by atoms with van der Waals surface area (Å²) in [6.07, 6.45) is -1.25. The van der Waals surface area contributed by atoms with Gasteiger partial charge in [0.1, 0.15) is 0 Å². The van der Waals surface area contributed by atoms with E-state index in [1.165, 1.54) is 9.80 Å². The largest absolute Gasteiger partial charge is 0.369 e. The van der Waals surface area contributed by atoms with Crippen LogP contribution < -0.4 is 9.80 Å². The van der Waals surface area contributed by atoms with Crippen LogP contribution in [0.3, 0.4) is 0 Å². The second-order valence-electron chi connectivity index (χ2n) is 14.6. The molecule has 4 heterocycles. The van der Waals surface area contributed by atoms with E-state index in [1.807, 2.05) is 111 Å². The zero-order chi connectivity index (χ0) is 38.0. The molecule has 8 heteroatoms. The summed E-state index contributed by atoms with van der Waals surface area (Å²) < 4.78 is 4.15. The van der Waals surface area contributed by atoms with Crippen LogP contribution in [-0.2, 0) is 0 Å². The standard InChI is InChI=1S/C48H32N4O4/c1-27-25-42(52-46(54)34-18-12-24-40(44(34)48(52)56)50-37-21-9-5-15-31(37)32-16-6-10-22-38(32)50)28(2)26-41(27)51-45(53)33-17-11-23-39(43(33)47(51)55)49-35-19-7-3-13-29(35)30-14-4-8-20-36(30)49/h3-26,45,53H,1-2H3. The molecule has 2 aromatic heterocycles. The Hall–Kier alpha value is -7.29. The Morgan fingerprint density at radius 2 is 0.893 bits per heavy atom. The van der Waals surface area contributed by atoms with Gasteiger partial charge in [-0.05, 0) is 79.6 Å². The molecular weight excluding hydrogens is 697 g/mol. The zero-order valence-electron chi connectivity index (χ0n) is 30.4. The lowest BCUT2D eigenvalue weighted by atomic mass is 10.1. The quantitative estimate of drug-likeness (QED) is 0.183. The first-order valence-corrected chi connectivity index (χ1v) is 18.6. The molecule has 11 rings (SSSR count). The van der Waals surface area contributed by atoms with Crippen molar-refractivity contribution in [2.45, 2.75) is 20.1 Å². The molecule has 0 fully saturated rings. The van der Waals surface area contributed by atoms with Gasteiger partial charge in [-0.1, -0.05) is 91.0 Å². The Morgan fingerprint density at radius 1 is 0.446 bits per heavy atom. The molecule has 0 aliphatic carbocycles. The number of hydrogen-bond acceptors (Lipinski definition) is 4. The molecule has 0 saturated carbocycles. The number of aryl methyl sites for hydroxylation is 2. The molecule has 0 radical (unpaired) electrons. The summed E-state index contributed by atoms with van der Waals surface area (Å²) in [4.78, 5) is 46.1. The Balaban J connectivity index is 1.00. The van der Waals surface area contributed by atoms with E-state index in [1.54, 1.807) is 24.3 Å². The number of hydrogen-bond donors (Lipinski definition) is 1. The summed E-state index contributed by atoms with van der Waals surface area (Å²) in [5.74, 6) is -1.17. The van der Waals surface area contributed by atoms with Crippen molar-refractivity contribution in [2.75, 3.05) is 9.80 Å². The molecule has 1 N–H and O–H groups in total. The highest BCUT2D eigenvalue weighted by Gasteiger charge is 2.42. The zero-order valence-corrected chi connectivity index (χ0v) is 30.4. The van der Waals surface area contributed by atoms with Gasteiger partial charge in [-0.25, -0.2) is 4.90 Å². The van der Waals surface area contributed by atoms with Crippen LogP contribution in [0.15, 0.2) is 146 Å². The second kappa shape index (κ2) is 11.6. The van der Waals surface area contributed by atoms with Crippen molar-refractivity contribution < 1.29 is 19.5 Å². The van der Waals surface area contributed by atoms with E-state index in [2.05, 4.69) is 33.4 Å². The molecule has 8 nitrogen and oxygen atoms in total. The molecular formula is C48H32N4O4. The number of aromatic nitrogens is 2. The fraction of sp³-hybridized carbons (Fsp3) is 0.0625. The maximum atomic E-state index is 14.6. The van der Waals surface area contributed by atoms with E-state index in [9.17, 15) is 19.5 Å². The van der Waals surface area contributed by atoms with Gasteiger partial charge in [-0.2, -0.15) is 0 Å². The lowest BCUT2D eigenvalue weighted by molar-refractivity contribution is 0.0916. The number of anilines is 2. The summed E-state index contributed by atoms with van der Waals surface area (Å²) in [6.45, 7) is 3.65. The third kappa shape index (κ3) is 4.19. The molecule has 56 heavy (non-hydrogen) atoms. The fourth-order valence-corrected chi connectivity index (χ4v) is 9.13. The number of aliphatic hydroxyl groups is 1. The van der Waals surface area contributed by atoms with Crippen LogP contribution in [0.5, 0.6) is 0 Å². The molecule has 268 valence electrons. The number of aliphatic hydroxyl groups excluding tert-OH is 1. The number of amides is 3. The maximum absolute atomic E-state index is 14.6. The first kappa shape index (κ1) is 32.2. The molecule has 7 aromatic carbocycles. The van der Waals surface area contributed by atoms with Crippen molar-refractivity contribution in [2.24, 2.45) is 0 Å². The maximum Gasteiger partial charge on any atom is 0.268 e. The summed E-state index contributed by atoms with van der Waals surface area (Å²) in [7, 11) is 0. The number of benzene rings is 7. The van der Waals surface area contributed by atoms with Crippen LogP contribution >= 0.6 is 0 Å². The van der Waals surface area contributed by atoms with Crippen molar-refractivity contribution >= 4 is 72.7 Å². The van der Waals surface area contributed by atoms with Gasteiger partial charge in [0, 0.05) is 27.1 Å². The van der Waals surface area contributed by atoms with Crippen molar-refractivity contribution in [3.8, 4) is 11.4 Å². The predicted octanol–water partition coefficient (Wildman–Crippen LogP) is 9.95. The van der Waals surface area contributed by atoms with E-state index in [4.69, 9.17) is 0 Å². The van der Waals surface area contributed by atoms with Gasteiger partial charge in [0.25, 0.3) is 17.7 Å². The van der Waals surface area contributed by atoms with E-state index < -0.39 is 18.0 Å². The third-order valence-electron chi connectivity index (χ3n) is 11.6. The molecule has 3 amide bonds. The molecule has 0 bridgehead atoms. The van der Waals surface area contributed by atoms with E-state index >= 15 is 0 Å². The lowest BCUT2D eigenvalue weighted by Crippen LogP contribution is -2.31. The second-order valence-corrected chi connectivity index (χ2v) is 14.6. The van der Waals surface area contributed by atoms with E-state index in [-0.39, 0.29) is 5.91 Å². The topological polar surface area (TPSA) is 87.8 Å². The van der Waals surface area contributed by atoms with Gasteiger partial charge < -0.3 is 14.2 Å². The monoisotopic (exact) mass is 728 g/mol. The van der Waals surface area contributed by atoms with Crippen LogP contribution in [0.25, 0.3) is 55.0 Å². The fourth-order valence-electron chi connectivity index (χ4n) is 9.13. The number of carbonyl (C=O) groups is 3. The van der Waals surface area contributed by atoms with Gasteiger partial charge in [-0.15, -0.1) is 0 Å². The number of fused-ring (bicyclic) bond motifs is 8. The molecule has 0 spiro atoms. The third-order valence-corrected chi connectivity index (χ3v) is 11.6. The normalized spacial score (nSPS) is 15.3. The number of para-hydroxylation sites is 4. The Bertz CT molecular complexity index is 3120. The minimum Gasteiger partial charge on any atom is -0.369 e. The minimum absolute atomic E-state index is 0.327. The predicted molar refractivity (Wildman–Crippen MR) is 220 cm³/mol. The molecule has 1 atom stereocenters. The SMILES string of the molecule is Cc1cc(N2C(=O)c3c(cccc3-n3c4ccccc4c4ccccc43)C2O)c(C)cc1N1C(=O)c2cccc(-n3c4ccccc4c4ccccc43)c2C1=O. The van der Waals surface area contributed by atoms with E-state index in [0.717, 1.165) is 43.6 Å². The highest BCUT2D eigenvalue weighted by atomic mass is 16.3. The van der Waals surface area contributed by atoms with Gasteiger partial charge in [-0.3, -0.25) is 19.3 Å². The van der Waals surface area contributed by atoms with Crippen molar-refractivity contribution in [3.63, 3.8) is 0 Å². The van der Waals surface area contributed by atoms with Gasteiger partial charge in [0.05, 0.1) is 61.5 Å². The average molecular weight is 729 g/mol. The van der Waals surface area contributed by atoms with Crippen LogP contribution in [0, 0.1) is 13.8 Å². The number of nitrogens with zero attached hydrogens (tertiary/aromatic N) is 4. The highest BCUT2D eigenvalue weighted by molar-refractivity contribution is 6.36. The van der Waals surface area contributed by atoms with Crippen molar-refractivity contribution in [1.82, 2.24) is 9.13 Å². The van der Waals surface area contributed by atoms with Crippen LogP contribution in [-0.4, -0.2) is 32.0 Å². The Morgan fingerprint density at radius 3 is 1.43 bits per heavy atom. The summed E-state index contributed by atoms with van der Waals surface area (Å²) in [5, 5.41) is 16.1. The van der Waals surface area contributed by atoms with Crippen LogP contribution in [0.4, 0.5) is 11.4 Å². The first-order chi connectivity index (χ1) is 27.3. The van der Waals surface area contributed by atoms with E-state index in [0.29, 0.717) is 56.1 Å². The average Bonchev–Trinajstić information content (AvgIpc) is 3.90. The molecule has 2 aliphatic rings. The van der Waals surface area contributed by atoms with Gasteiger partial charge >= 0.3 is 0 Å². The number of carbonyl (C=O) groups excluding carboxylic acids is 3. The Labute approximate surface area is 320 Å². The summed E-state index contributed by atoms with van der Waals surface area (Å²) in [5.41, 5.74) is 8.86. The summed E-state index contributed by atoms with van der Waals surface area (Å²) >= 11 is 0. The molecule has 2 aliphatic heterocycles. The van der Waals surface area contributed by atoms with Crippen LogP contribution in [0.1, 0.15) is 54.0 Å². The van der Waals surface area contributed by atoms with Crippen molar-refractivity contribution in [1.29, 1.82) is 0 Å². The lowest BCUT2D eigenvalue weighted by Gasteiger charge is -2.26. The van der Waals surface area contributed by atoms with Gasteiger partial charge in [0.2, 0.25) is 0 Å². The summed E-state index contributed by atoms with van der Waals surface area (Å²) in [6, 6.07) is 46.9. The van der Waals surface area contributed by atoms with Crippen LogP contribution in [0.2, 0.25) is 0 Å².